The molecule has 6 heteroatoms. The summed E-state index contributed by atoms with van der Waals surface area (Å²) in [5.74, 6) is -0.416. The molecule has 0 saturated heterocycles. The van der Waals surface area contributed by atoms with Gasteiger partial charge in [-0.05, 0) is 0 Å². The van der Waals surface area contributed by atoms with E-state index in [9.17, 15) is 4.79 Å². The third-order valence-electron chi connectivity index (χ3n) is 0.860. The Bertz CT molecular complexity index is 275. The summed E-state index contributed by atoms with van der Waals surface area (Å²) in [6.07, 6.45) is -0.0243. The van der Waals surface area contributed by atoms with Gasteiger partial charge in [-0.15, -0.1) is 0 Å². The quantitative estimate of drug-likeness (QED) is 0.541. The number of aromatic nitrogens is 2. The van der Waals surface area contributed by atoms with Gasteiger partial charge in [-0.2, -0.15) is 4.98 Å². The van der Waals surface area contributed by atoms with Crippen LogP contribution in [0.3, 0.4) is 0 Å². The third-order valence-corrected chi connectivity index (χ3v) is 0.860. The number of amides is 1. The predicted octanol–water partition coefficient (Wildman–Crippen LogP) is 0.272. The van der Waals surface area contributed by atoms with Crippen molar-refractivity contribution in [2.24, 2.45) is 0 Å². The lowest BCUT2D eigenvalue weighted by atomic mass is 10.6. The van der Waals surface area contributed by atoms with Crippen molar-refractivity contribution in [3.63, 3.8) is 0 Å². The first-order chi connectivity index (χ1) is 5.18. The molecule has 0 aliphatic carbocycles. The van der Waals surface area contributed by atoms with E-state index in [0.717, 1.165) is 0 Å². The van der Waals surface area contributed by atoms with Gasteiger partial charge < -0.3 is 10.2 Å². The Kier molecular flexibility index (Phi) is 1.86. The van der Waals surface area contributed by atoms with Gasteiger partial charge in [0.1, 0.15) is 0 Å². The fourth-order valence-corrected chi connectivity index (χ4v) is 0.505. The highest BCUT2D eigenvalue weighted by Crippen LogP contribution is 2.04. The van der Waals surface area contributed by atoms with Gasteiger partial charge >= 0.3 is 6.09 Å². The largest absolute Gasteiger partial charge is 0.493 e. The molecule has 0 aromatic carbocycles. The molecule has 1 aromatic heterocycles. The molecule has 0 aliphatic heterocycles. The molecule has 1 aromatic rings. The maximum atomic E-state index is 10.0. The average molecular weight is 155 g/mol. The van der Waals surface area contributed by atoms with Crippen LogP contribution in [0.25, 0.3) is 0 Å². The van der Waals surface area contributed by atoms with Gasteiger partial charge in [0.2, 0.25) is 11.8 Å². The molecule has 11 heavy (non-hydrogen) atoms. The van der Waals surface area contributed by atoms with Crippen LogP contribution in [-0.2, 0) is 0 Å². The van der Waals surface area contributed by atoms with Gasteiger partial charge in [-0.3, -0.25) is 5.32 Å². The van der Waals surface area contributed by atoms with Crippen molar-refractivity contribution in [3.05, 3.63) is 12.3 Å². The lowest BCUT2D eigenvalue weighted by Gasteiger charge is -1.96. The maximum Gasteiger partial charge on any atom is 0.411 e. The second-order valence-corrected chi connectivity index (χ2v) is 1.67. The van der Waals surface area contributed by atoms with E-state index in [0.29, 0.717) is 0 Å². The number of rotatable bonds is 1. The van der Waals surface area contributed by atoms with Crippen LogP contribution in [0.15, 0.2) is 12.3 Å². The van der Waals surface area contributed by atoms with Gasteiger partial charge in [-0.25, -0.2) is 9.78 Å². The van der Waals surface area contributed by atoms with Crippen LogP contribution in [0.4, 0.5) is 10.7 Å². The van der Waals surface area contributed by atoms with E-state index in [-0.39, 0.29) is 11.8 Å². The summed E-state index contributed by atoms with van der Waals surface area (Å²) in [4.78, 5) is 16.9. The number of hydrogen-bond donors (Lipinski definition) is 3. The van der Waals surface area contributed by atoms with Crippen molar-refractivity contribution >= 4 is 12.0 Å². The van der Waals surface area contributed by atoms with Gasteiger partial charge in [0, 0.05) is 12.3 Å². The summed E-state index contributed by atoms with van der Waals surface area (Å²) in [6.45, 7) is 0. The van der Waals surface area contributed by atoms with Crippen molar-refractivity contribution in [2.45, 2.75) is 0 Å². The number of anilines is 1. The zero-order valence-electron chi connectivity index (χ0n) is 5.35. The molecule has 0 spiro atoms. The molecule has 0 atom stereocenters. The topological polar surface area (TPSA) is 95.3 Å². The monoisotopic (exact) mass is 155 g/mol. The van der Waals surface area contributed by atoms with Gasteiger partial charge in [0.25, 0.3) is 0 Å². The Morgan fingerprint density at radius 3 is 2.91 bits per heavy atom. The Balaban J connectivity index is 2.79. The molecule has 0 bridgehead atoms. The normalized spacial score (nSPS) is 9.09. The number of aromatic hydroxyl groups is 1. The Labute approximate surface area is 61.5 Å². The van der Waals surface area contributed by atoms with E-state index in [4.69, 9.17) is 10.2 Å². The SMILES string of the molecule is O=C(O)Nc1nccc(O)n1. The molecule has 0 aliphatic rings. The Morgan fingerprint density at radius 1 is 1.64 bits per heavy atom. The summed E-state index contributed by atoms with van der Waals surface area (Å²) in [5, 5.41) is 18.8. The van der Waals surface area contributed by atoms with Crippen molar-refractivity contribution in [1.29, 1.82) is 0 Å². The van der Waals surface area contributed by atoms with Crippen LogP contribution >= 0.6 is 0 Å². The molecule has 6 nitrogen and oxygen atoms in total. The molecule has 58 valence electrons. The number of hydrogen-bond acceptors (Lipinski definition) is 4. The van der Waals surface area contributed by atoms with Gasteiger partial charge in [-0.1, -0.05) is 0 Å². The summed E-state index contributed by atoms with van der Waals surface area (Å²) in [6, 6.07) is 1.24. The van der Waals surface area contributed by atoms with Crippen molar-refractivity contribution in [1.82, 2.24) is 9.97 Å². The van der Waals surface area contributed by atoms with E-state index < -0.39 is 6.09 Å². The molecule has 0 fully saturated rings. The molecule has 1 rings (SSSR count). The Hall–Kier alpha value is -1.85. The number of nitrogens with one attached hydrogen (secondary N) is 1. The van der Waals surface area contributed by atoms with Crippen LogP contribution in [0.1, 0.15) is 0 Å². The summed E-state index contributed by atoms with van der Waals surface area (Å²) < 4.78 is 0. The van der Waals surface area contributed by atoms with E-state index in [1.54, 1.807) is 0 Å². The molecule has 0 radical (unpaired) electrons. The molecule has 0 unspecified atom stereocenters. The summed E-state index contributed by atoms with van der Waals surface area (Å²) >= 11 is 0. The van der Waals surface area contributed by atoms with Crippen molar-refractivity contribution in [3.8, 4) is 5.88 Å². The second kappa shape index (κ2) is 2.82. The molecule has 1 heterocycles. The minimum Gasteiger partial charge on any atom is -0.493 e. The first kappa shape index (κ1) is 7.26. The highest BCUT2D eigenvalue weighted by Gasteiger charge is 1.99. The van der Waals surface area contributed by atoms with Gasteiger partial charge in [0.05, 0.1) is 0 Å². The first-order valence-corrected chi connectivity index (χ1v) is 2.70. The highest BCUT2D eigenvalue weighted by molar-refractivity contribution is 5.80. The van der Waals surface area contributed by atoms with E-state index in [2.05, 4.69) is 9.97 Å². The molecule has 1 amide bonds. The smallest absolute Gasteiger partial charge is 0.411 e. The zero-order chi connectivity index (χ0) is 8.27. The zero-order valence-corrected chi connectivity index (χ0v) is 5.35. The molecule has 0 saturated carbocycles. The summed E-state index contributed by atoms with van der Waals surface area (Å²) in [7, 11) is 0. The van der Waals surface area contributed by atoms with E-state index in [1.165, 1.54) is 12.3 Å². The highest BCUT2D eigenvalue weighted by atomic mass is 16.4. The van der Waals surface area contributed by atoms with Crippen molar-refractivity contribution < 1.29 is 15.0 Å². The first-order valence-electron chi connectivity index (χ1n) is 2.70. The standard InChI is InChI=1S/C5H5N3O3/c9-3-1-2-6-4(7-3)8-5(10)11/h1-2H,(H,10,11)(H2,6,7,8,9). The van der Waals surface area contributed by atoms with Crippen LogP contribution in [-0.4, -0.2) is 26.3 Å². The fraction of sp³-hybridized carbons (Fsp3) is 0. The molecular formula is C5H5N3O3. The number of nitrogens with zero attached hydrogens (tertiary/aromatic N) is 2. The number of carboxylic acid groups (broad SMARTS) is 1. The van der Waals surface area contributed by atoms with Gasteiger partial charge in [0.15, 0.2) is 0 Å². The predicted molar refractivity (Wildman–Crippen MR) is 35.3 cm³/mol. The maximum absolute atomic E-state index is 10.0. The van der Waals surface area contributed by atoms with E-state index in [1.807, 2.05) is 5.32 Å². The Morgan fingerprint density at radius 2 is 2.36 bits per heavy atom. The van der Waals surface area contributed by atoms with E-state index >= 15 is 0 Å². The minimum absolute atomic E-state index is 0.141. The average Bonchev–Trinajstić information content (AvgIpc) is 1.85. The lowest BCUT2D eigenvalue weighted by Crippen LogP contribution is -2.09. The minimum atomic E-state index is -1.27. The summed E-state index contributed by atoms with van der Waals surface area (Å²) in [5.41, 5.74) is 0. The second-order valence-electron chi connectivity index (χ2n) is 1.67. The van der Waals surface area contributed by atoms with Crippen LogP contribution in [0.5, 0.6) is 5.88 Å². The fourth-order valence-electron chi connectivity index (χ4n) is 0.505. The molecule has 3 N–H and O–H groups in total. The van der Waals surface area contributed by atoms with Crippen molar-refractivity contribution in [2.75, 3.05) is 5.32 Å². The van der Waals surface area contributed by atoms with Crippen LogP contribution in [0.2, 0.25) is 0 Å². The lowest BCUT2D eigenvalue weighted by molar-refractivity contribution is 0.209. The van der Waals surface area contributed by atoms with Crippen LogP contribution < -0.4 is 5.32 Å². The van der Waals surface area contributed by atoms with Crippen LogP contribution in [0, 0.1) is 0 Å². The molecular weight excluding hydrogens is 150 g/mol. The number of carbonyl (C=O) groups is 1. The third kappa shape index (κ3) is 2.09.